The second-order valence-electron chi connectivity index (χ2n) is 5.46. The average Bonchev–Trinajstić information content (AvgIpc) is 2.38. The Hall–Kier alpha value is -0.890. The van der Waals surface area contributed by atoms with Crippen LogP contribution < -0.4 is 0 Å². The van der Waals surface area contributed by atoms with Gasteiger partial charge < -0.3 is 5.11 Å². The molecule has 2 atom stereocenters. The summed E-state index contributed by atoms with van der Waals surface area (Å²) in [7, 11) is 0. The van der Waals surface area contributed by atoms with Gasteiger partial charge in [-0.3, -0.25) is 0 Å². The van der Waals surface area contributed by atoms with Gasteiger partial charge in [-0.25, -0.2) is 4.39 Å². The lowest BCUT2D eigenvalue weighted by Crippen LogP contribution is -2.26. The van der Waals surface area contributed by atoms with Crippen LogP contribution in [0.5, 0.6) is 0 Å². The third-order valence-electron chi connectivity index (χ3n) is 3.19. The molecule has 1 nitrogen and oxygen atoms in total. The highest BCUT2D eigenvalue weighted by Gasteiger charge is 2.39. The number of rotatable bonds is 0. The van der Waals surface area contributed by atoms with E-state index in [1.54, 1.807) is 12.1 Å². The third-order valence-corrected chi connectivity index (χ3v) is 3.19. The zero-order valence-electron chi connectivity index (χ0n) is 9.42. The summed E-state index contributed by atoms with van der Waals surface area (Å²) in [6.45, 7) is 6.25. The molecule has 2 heteroatoms. The van der Waals surface area contributed by atoms with Crippen LogP contribution in [0.4, 0.5) is 4.39 Å². The van der Waals surface area contributed by atoms with Crippen molar-refractivity contribution in [1.82, 2.24) is 0 Å². The van der Waals surface area contributed by atoms with Gasteiger partial charge >= 0.3 is 0 Å². The smallest absolute Gasteiger partial charge is 0.123 e. The second-order valence-corrected chi connectivity index (χ2v) is 5.46. The third kappa shape index (κ3) is 1.78. The molecule has 1 aliphatic rings. The molecule has 2 unspecified atom stereocenters. The van der Waals surface area contributed by atoms with E-state index in [1.807, 2.05) is 0 Å². The summed E-state index contributed by atoms with van der Waals surface area (Å²) >= 11 is 0. The van der Waals surface area contributed by atoms with E-state index < -0.39 is 0 Å². The van der Waals surface area contributed by atoms with Crippen LogP contribution in [0.3, 0.4) is 0 Å². The number of hydrogen-bond acceptors (Lipinski definition) is 1. The Balaban J connectivity index is 2.49. The first-order chi connectivity index (χ1) is 6.89. The lowest BCUT2D eigenvalue weighted by molar-refractivity contribution is 0.103. The van der Waals surface area contributed by atoms with Gasteiger partial charge in [0.05, 0.1) is 6.10 Å². The molecule has 0 bridgehead atoms. The van der Waals surface area contributed by atoms with E-state index in [0.717, 1.165) is 11.1 Å². The Morgan fingerprint density at radius 1 is 1.33 bits per heavy atom. The van der Waals surface area contributed by atoms with Gasteiger partial charge in [-0.2, -0.15) is 0 Å². The Morgan fingerprint density at radius 2 is 2.00 bits per heavy atom. The molecule has 0 aromatic heterocycles. The number of fused-ring (bicyclic) bond motifs is 1. The largest absolute Gasteiger partial charge is 0.392 e. The Labute approximate surface area is 89.9 Å². The van der Waals surface area contributed by atoms with E-state index in [0.29, 0.717) is 6.42 Å². The summed E-state index contributed by atoms with van der Waals surface area (Å²) in [5.41, 5.74) is 2.04. The SMILES string of the molecule is CC(C)(C)C1c2cc(F)ccc2CC1O. The van der Waals surface area contributed by atoms with E-state index in [9.17, 15) is 9.50 Å². The van der Waals surface area contributed by atoms with Crippen LogP contribution in [0.1, 0.15) is 37.8 Å². The standard InChI is InChI=1S/C13H17FO/c1-13(2,3)12-10-7-9(14)5-4-8(10)6-11(12)15/h4-5,7,11-12,15H,6H2,1-3H3. The first-order valence-corrected chi connectivity index (χ1v) is 5.36. The summed E-state index contributed by atoms with van der Waals surface area (Å²) in [5, 5.41) is 10.0. The minimum atomic E-state index is -0.373. The van der Waals surface area contributed by atoms with Crippen molar-refractivity contribution >= 4 is 0 Å². The summed E-state index contributed by atoms with van der Waals surface area (Å²) < 4.78 is 13.2. The molecular formula is C13H17FO. The van der Waals surface area contributed by atoms with Gasteiger partial charge in [-0.15, -0.1) is 0 Å². The molecule has 0 spiro atoms. The van der Waals surface area contributed by atoms with Gasteiger partial charge in [0.1, 0.15) is 5.82 Å². The molecule has 0 radical (unpaired) electrons. The first kappa shape index (κ1) is 10.6. The van der Waals surface area contributed by atoms with Gasteiger partial charge in [-0.1, -0.05) is 26.8 Å². The van der Waals surface area contributed by atoms with Crippen molar-refractivity contribution in [1.29, 1.82) is 0 Å². The zero-order valence-corrected chi connectivity index (χ0v) is 9.42. The molecule has 0 aliphatic heterocycles. The first-order valence-electron chi connectivity index (χ1n) is 5.36. The molecule has 1 aliphatic carbocycles. The van der Waals surface area contributed by atoms with Crippen molar-refractivity contribution in [3.8, 4) is 0 Å². The predicted octanol–water partition coefficient (Wildman–Crippen LogP) is 2.87. The minimum absolute atomic E-state index is 0.0293. The molecule has 1 aromatic rings. The molecule has 0 amide bonds. The maximum absolute atomic E-state index is 13.2. The van der Waals surface area contributed by atoms with Crippen LogP contribution in [-0.2, 0) is 6.42 Å². The highest BCUT2D eigenvalue weighted by molar-refractivity contribution is 5.38. The minimum Gasteiger partial charge on any atom is -0.392 e. The summed E-state index contributed by atoms with van der Waals surface area (Å²) in [4.78, 5) is 0. The van der Waals surface area contributed by atoms with Gasteiger partial charge in [0.2, 0.25) is 0 Å². The second kappa shape index (κ2) is 3.31. The molecule has 1 aromatic carbocycles. The quantitative estimate of drug-likeness (QED) is 0.695. The van der Waals surface area contributed by atoms with E-state index in [4.69, 9.17) is 0 Å². The van der Waals surface area contributed by atoms with E-state index in [-0.39, 0.29) is 23.3 Å². The van der Waals surface area contributed by atoms with Crippen LogP contribution >= 0.6 is 0 Å². The summed E-state index contributed by atoms with van der Waals surface area (Å²) in [5.74, 6) is -0.166. The topological polar surface area (TPSA) is 20.2 Å². The van der Waals surface area contributed by atoms with E-state index in [2.05, 4.69) is 20.8 Å². The van der Waals surface area contributed by atoms with Crippen molar-refractivity contribution in [2.75, 3.05) is 0 Å². The maximum atomic E-state index is 13.2. The average molecular weight is 208 g/mol. The van der Waals surface area contributed by atoms with Crippen LogP contribution in [0, 0.1) is 11.2 Å². The molecule has 0 fully saturated rings. The van der Waals surface area contributed by atoms with Crippen LogP contribution in [0.15, 0.2) is 18.2 Å². The lowest BCUT2D eigenvalue weighted by atomic mass is 9.76. The number of hydrogen-bond donors (Lipinski definition) is 1. The maximum Gasteiger partial charge on any atom is 0.123 e. The molecule has 2 rings (SSSR count). The summed E-state index contributed by atoms with van der Waals surface area (Å²) in [6.07, 6.45) is 0.277. The highest BCUT2D eigenvalue weighted by atomic mass is 19.1. The Bertz CT molecular complexity index is 379. The van der Waals surface area contributed by atoms with Crippen molar-refractivity contribution in [3.05, 3.63) is 35.1 Å². The van der Waals surface area contributed by atoms with Crippen LogP contribution in [0.2, 0.25) is 0 Å². The fourth-order valence-electron chi connectivity index (χ4n) is 2.64. The Morgan fingerprint density at radius 3 is 2.60 bits per heavy atom. The number of aliphatic hydroxyl groups is 1. The fraction of sp³-hybridized carbons (Fsp3) is 0.538. The van der Waals surface area contributed by atoms with Crippen molar-refractivity contribution in [3.63, 3.8) is 0 Å². The van der Waals surface area contributed by atoms with Gasteiger partial charge in [-0.05, 0) is 35.1 Å². The molecular weight excluding hydrogens is 191 g/mol. The van der Waals surface area contributed by atoms with Crippen molar-refractivity contribution in [2.24, 2.45) is 5.41 Å². The highest BCUT2D eigenvalue weighted by Crippen LogP contribution is 2.44. The molecule has 0 heterocycles. The van der Waals surface area contributed by atoms with Gasteiger partial charge in [0, 0.05) is 5.92 Å². The zero-order chi connectivity index (χ0) is 11.2. The monoisotopic (exact) mass is 208 g/mol. The normalized spacial score (nSPS) is 25.4. The van der Waals surface area contributed by atoms with Gasteiger partial charge in [0.15, 0.2) is 0 Å². The molecule has 15 heavy (non-hydrogen) atoms. The van der Waals surface area contributed by atoms with Crippen molar-refractivity contribution in [2.45, 2.75) is 39.2 Å². The van der Waals surface area contributed by atoms with Gasteiger partial charge in [0.25, 0.3) is 0 Å². The predicted molar refractivity (Wildman–Crippen MR) is 58.3 cm³/mol. The number of aliphatic hydroxyl groups excluding tert-OH is 1. The fourth-order valence-corrected chi connectivity index (χ4v) is 2.64. The van der Waals surface area contributed by atoms with Crippen LogP contribution in [-0.4, -0.2) is 11.2 Å². The molecule has 0 saturated heterocycles. The molecule has 82 valence electrons. The van der Waals surface area contributed by atoms with Crippen molar-refractivity contribution < 1.29 is 9.50 Å². The molecule has 1 N–H and O–H groups in total. The lowest BCUT2D eigenvalue weighted by Gasteiger charge is -2.30. The Kier molecular flexibility index (Phi) is 2.34. The number of halogens is 1. The van der Waals surface area contributed by atoms with E-state index >= 15 is 0 Å². The molecule has 0 saturated carbocycles. The van der Waals surface area contributed by atoms with E-state index in [1.165, 1.54) is 6.07 Å². The summed E-state index contributed by atoms with van der Waals surface area (Å²) in [6, 6.07) is 4.83. The van der Waals surface area contributed by atoms with Crippen LogP contribution in [0.25, 0.3) is 0 Å². The number of benzene rings is 1.